The third-order valence-corrected chi connectivity index (χ3v) is 4.05. The Labute approximate surface area is 105 Å². The number of nitrogens with one attached hydrogen (secondary N) is 1. The molecule has 4 nitrogen and oxygen atoms in total. The van der Waals surface area contributed by atoms with Gasteiger partial charge in [-0.2, -0.15) is 0 Å². The van der Waals surface area contributed by atoms with Crippen molar-refractivity contribution in [2.45, 2.75) is 39.2 Å². The number of aliphatic carboxylic acids is 1. The molecule has 17 heavy (non-hydrogen) atoms. The molecule has 1 amide bonds. The summed E-state index contributed by atoms with van der Waals surface area (Å²) in [6, 6.07) is 1.85. The van der Waals surface area contributed by atoms with Gasteiger partial charge in [0.25, 0.3) is 5.91 Å². The van der Waals surface area contributed by atoms with Gasteiger partial charge in [-0.05, 0) is 36.8 Å². The zero-order chi connectivity index (χ0) is 13.1. The molecule has 0 bridgehead atoms. The summed E-state index contributed by atoms with van der Waals surface area (Å²) in [7, 11) is 0. The van der Waals surface area contributed by atoms with Gasteiger partial charge in [-0.3, -0.25) is 4.79 Å². The number of amides is 1. The molecule has 2 N–H and O–H groups in total. The van der Waals surface area contributed by atoms with Crippen molar-refractivity contribution in [1.29, 1.82) is 0 Å². The van der Waals surface area contributed by atoms with Crippen LogP contribution in [-0.2, 0) is 4.79 Å². The molecule has 0 aliphatic carbocycles. The second-order valence-electron chi connectivity index (χ2n) is 3.98. The molecule has 0 saturated heterocycles. The molecule has 0 radical (unpaired) electrons. The molecule has 0 spiro atoms. The maximum atomic E-state index is 12.0. The molecular formula is C12H17NO3S. The number of carboxylic acids is 1. The first kappa shape index (κ1) is 13.7. The van der Waals surface area contributed by atoms with Gasteiger partial charge in [-0.1, -0.05) is 13.8 Å². The van der Waals surface area contributed by atoms with Crippen molar-refractivity contribution in [3.05, 3.63) is 21.9 Å². The number of hydrogen-bond acceptors (Lipinski definition) is 3. The standard InChI is InChI=1S/C12H17NO3S/c1-4-12(5-2,11(15)16)13-10(14)9-8(3)6-7-17-9/h6-7H,4-5H2,1-3H3,(H,13,14)(H,15,16). The van der Waals surface area contributed by atoms with E-state index < -0.39 is 11.5 Å². The Bertz CT molecular complexity index is 421. The highest BCUT2D eigenvalue weighted by Crippen LogP contribution is 2.20. The Morgan fingerprint density at radius 2 is 2.00 bits per heavy atom. The number of aryl methyl sites for hydroxylation is 1. The van der Waals surface area contributed by atoms with Crippen molar-refractivity contribution in [2.24, 2.45) is 0 Å². The SMILES string of the molecule is CCC(CC)(NC(=O)c1sccc1C)C(=O)O. The van der Waals surface area contributed by atoms with Crippen molar-refractivity contribution in [3.8, 4) is 0 Å². The number of thiophene rings is 1. The summed E-state index contributed by atoms with van der Waals surface area (Å²) < 4.78 is 0. The molecule has 0 aliphatic rings. The van der Waals surface area contributed by atoms with E-state index in [9.17, 15) is 14.7 Å². The van der Waals surface area contributed by atoms with Crippen molar-refractivity contribution in [2.75, 3.05) is 0 Å². The summed E-state index contributed by atoms with van der Waals surface area (Å²) in [6.45, 7) is 5.37. The third kappa shape index (κ3) is 2.66. The van der Waals surface area contributed by atoms with E-state index in [2.05, 4.69) is 5.32 Å². The molecule has 0 fully saturated rings. The molecule has 1 aromatic heterocycles. The van der Waals surface area contributed by atoms with Crippen LogP contribution in [-0.4, -0.2) is 22.5 Å². The van der Waals surface area contributed by atoms with Crippen LogP contribution in [0.1, 0.15) is 41.9 Å². The maximum Gasteiger partial charge on any atom is 0.329 e. The van der Waals surface area contributed by atoms with Crippen LogP contribution in [0.5, 0.6) is 0 Å². The Hall–Kier alpha value is -1.36. The largest absolute Gasteiger partial charge is 0.480 e. The van der Waals surface area contributed by atoms with Crippen molar-refractivity contribution in [1.82, 2.24) is 5.32 Å². The zero-order valence-corrected chi connectivity index (χ0v) is 11.1. The fourth-order valence-corrected chi connectivity index (χ4v) is 2.48. The number of carboxylic acid groups (broad SMARTS) is 1. The highest BCUT2D eigenvalue weighted by Gasteiger charge is 2.36. The molecule has 0 saturated carbocycles. The summed E-state index contributed by atoms with van der Waals surface area (Å²) >= 11 is 1.33. The minimum Gasteiger partial charge on any atom is -0.480 e. The first-order chi connectivity index (χ1) is 7.96. The molecule has 0 atom stereocenters. The Balaban J connectivity index is 2.93. The van der Waals surface area contributed by atoms with E-state index >= 15 is 0 Å². The van der Waals surface area contributed by atoms with E-state index in [-0.39, 0.29) is 5.91 Å². The fraction of sp³-hybridized carbons (Fsp3) is 0.500. The van der Waals surface area contributed by atoms with Gasteiger partial charge in [0.1, 0.15) is 5.54 Å². The van der Waals surface area contributed by atoms with Crippen molar-refractivity contribution in [3.63, 3.8) is 0 Å². The fourth-order valence-electron chi connectivity index (χ4n) is 1.66. The lowest BCUT2D eigenvalue weighted by atomic mass is 9.93. The van der Waals surface area contributed by atoms with Gasteiger partial charge in [-0.25, -0.2) is 4.79 Å². The lowest BCUT2D eigenvalue weighted by molar-refractivity contribution is -0.144. The predicted octanol–water partition coefficient (Wildman–Crippen LogP) is 2.43. The monoisotopic (exact) mass is 255 g/mol. The van der Waals surface area contributed by atoms with Gasteiger partial charge in [0, 0.05) is 0 Å². The first-order valence-electron chi connectivity index (χ1n) is 5.57. The molecular weight excluding hydrogens is 238 g/mol. The Morgan fingerprint density at radius 3 is 2.35 bits per heavy atom. The van der Waals surface area contributed by atoms with Gasteiger partial charge in [0.2, 0.25) is 0 Å². The molecule has 0 aromatic carbocycles. The van der Waals surface area contributed by atoms with Crippen LogP contribution in [0, 0.1) is 6.92 Å². The number of carbonyl (C=O) groups excluding carboxylic acids is 1. The summed E-state index contributed by atoms with van der Waals surface area (Å²) in [5, 5.41) is 13.7. The maximum absolute atomic E-state index is 12.0. The smallest absolute Gasteiger partial charge is 0.329 e. The molecule has 1 rings (SSSR count). The molecule has 0 aliphatic heterocycles. The van der Waals surface area contributed by atoms with Crippen LogP contribution in [0.3, 0.4) is 0 Å². The Kier molecular flexibility index (Phi) is 4.28. The highest BCUT2D eigenvalue weighted by atomic mass is 32.1. The number of hydrogen-bond donors (Lipinski definition) is 2. The van der Waals surface area contributed by atoms with E-state index in [1.807, 2.05) is 18.4 Å². The van der Waals surface area contributed by atoms with E-state index in [0.717, 1.165) is 5.56 Å². The number of carbonyl (C=O) groups is 2. The average molecular weight is 255 g/mol. The summed E-state index contributed by atoms with van der Waals surface area (Å²) in [4.78, 5) is 23.8. The van der Waals surface area contributed by atoms with Crippen molar-refractivity contribution < 1.29 is 14.7 Å². The van der Waals surface area contributed by atoms with Crippen LogP contribution in [0.25, 0.3) is 0 Å². The van der Waals surface area contributed by atoms with E-state index in [1.54, 1.807) is 13.8 Å². The molecule has 94 valence electrons. The molecule has 0 unspecified atom stereocenters. The summed E-state index contributed by atoms with van der Waals surface area (Å²) in [5.41, 5.74) is -0.285. The van der Waals surface area contributed by atoms with Gasteiger partial charge in [-0.15, -0.1) is 11.3 Å². The lowest BCUT2D eigenvalue weighted by Gasteiger charge is -2.27. The van der Waals surface area contributed by atoms with E-state index in [0.29, 0.717) is 17.7 Å². The second-order valence-corrected chi connectivity index (χ2v) is 4.90. The van der Waals surface area contributed by atoms with Crippen LogP contribution in [0.2, 0.25) is 0 Å². The van der Waals surface area contributed by atoms with Crippen LogP contribution < -0.4 is 5.32 Å². The second kappa shape index (κ2) is 5.31. The van der Waals surface area contributed by atoms with Gasteiger partial charge >= 0.3 is 5.97 Å². The molecule has 5 heteroatoms. The Morgan fingerprint density at radius 1 is 1.41 bits per heavy atom. The summed E-state index contributed by atoms with van der Waals surface area (Å²) in [5.74, 6) is -1.28. The van der Waals surface area contributed by atoms with Crippen LogP contribution in [0.4, 0.5) is 0 Å². The van der Waals surface area contributed by atoms with Gasteiger partial charge in [0.05, 0.1) is 4.88 Å². The normalized spacial score (nSPS) is 11.2. The van der Waals surface area contributed by atoms with Crippen molar-refractivity contribution >= 4 is 23.2 Å². The minimum atomic E-state index is -1.16. The minimum absolute atomic E-state index is 0.302. The van der Waals surface area contributed by atoms with E-state index in [4.69, 9.17) is 0 Å². The van der Waals surface area contributed by atoms with Crippen LogP contribution >= 0.6 is 11.3 Å². The predicted molar refractivity (Wildman–Crippen MR) is 67.5 cm³/mol. The number of rotatable bonds is 5. The van der Waals surface area contributed by atoms with Gasteiger partial charge in [0.15, 0.2) is 0 Å². The topological polar surface area (TPSA) is 66.4 Å². The third-order valence-electron chi connectivity index (χ3n) is 3.04. The highest BCUT2D eigenvalue weighted by molar-refractivity contribution is 7.12. The quantitative estimate of drug-likeness (QED) is 0.849. The lowest BCUT2D eigenvalue weighted by Crippen LogP contribution is -2.53. The molecule has 1 heterocycles. The zero-order valence-electron chi connectivity index (χ0n) is 10.2. The van der Waals surface area contributed by atoms with Gasteiger partial charge < -0.3 is 10.4 Å². The first-order valence-corrected chi connectivity index (χ1v) is 6.44. The average Bonchev–Trinajstić information content (AvgIpc) is 2.72. The van der Waals surface area contributed by atoms with E-state index in [1.165, 1.54) is 11.3 Å². The molecule has 1 aromatic rings. The van der Waals surface area contributed by atoms with Crippen LogP contribution in [0.15, 0.2) is 11.4 Å². The summed E-state index contributed by atoms with van der Waals surface area (Å²) in [6.07, 6.45) is 0.740.